The zero-order chi connectivity index (χ0) is 17.0. The van der Waals surface area contributed by atoms with Crippen molar-refractivity contribution in [3.05, 3.63) is 48.6 Å². The van der Waals surface area contributed by atoms with Crippen molar-refractivity contribution in [2.45, 2.75) is 0 Å². The monoisotopic (exact) mass is 347 g/mol. The van der Waals surface area contributed by atoms with E-state index < -0.39 is 0 Å². The van der Waals surface area contributed by atoms with Crippen molar-refractivity contribution in [1.82, 2.24) is 19.5 Å². The number of hydrogen-bond donors (Lipinski definition) is 1. The Morgan fingerprint density at radius 2 is 2.08 bits per heavy atom. The normalized spacial score (nSPS) is 11.6. The van der Waals surface area contributed by atoms with E-state index >= 15 is 0 Å². The predicted molar refractivity (Wildman–Crippen MR) is 99.2 cm³/mol. The summed E-state index contributed by atoms with van der Waals surface area (Å²) in [4.78, 5) is 12.9. The number of nitrogens with zero attached hydrogens (tertiary/aromatic N) is 4. The van der Waals surface area contributed by atoms with Gasteiger partial charge in [0, 0.05) is 59.1 Å². The van der Waals surface area contributed by atoms with Gasteiger partial charge >= 0.3 is 0 Å². The van der Waals surface area contributed by atoms with Gasteiger partial charge in [-0.2, -0.15) is 0 Å². The predicted octanol–water partition coefficient (Wildman–Crippen LogP) is 4.09. The molecule has 0 fully saturated rings. The average molecular weight is 347 g/mol. The van der Waals surface area contributed by atoms with Crippen molar-refractivity contribution in [1.29, 1.82) is 0 Å². The molecule has 0 aliphatic rings. The van der Waals surface area contributed by atoms with E-state index in [-0.39, 0.29) is 0 Å². The molecule has 5 heterocycles. The molecule has 7 heteroatoms. The molecule has 0 amide bonds. The van der Waals surface area contributed by atoms with Gasteiger partial charge < -0.3 is 14.7 Å². The molecule has 0 atom stereocenters. The minimum atomic E-state index is 0.377. The van der Waals surface area contributed by atoms with E-state index in [0.29, 0.717) is 11.4 Å². The van der Waals surface area contributed by atoms with Gasteiger partial charge in [-0.3, -0.25) is 4.98 Å². The summed E-state index contributed by atoms with van der Waals surface area (Å²) in [7, 11) is 1.94. The lowest BCUT2D eigenvalue weighted by Crippen LogP contribution is -1.91. The second-order valence-electron chi connectivity index (χ2n) is 5.86. The van der Waals surface area contributed by atoms with E-state index in [4.69, 9.17) is 10.2 Å². The Morgan fingerprint density at radius 1 is 1.16 bits per heavy atom. The molecule has 25 heavy (non-hydrogen) atoms. The highest BCUT2D eigenvalue weighted by atomic mass is 32.1. The van der Waals surface area contributed by atoms with Gasteiger partial charge in [-0.1, -0.05) is 0 Å². The molecule has 0 spiro atoms. The molecule has 0 bridgehead atoms. The van der Waals surface area contributed by atoms with Crippen LogP contribution in [0, 0.1) is 0 Å². The number of nitrogens with two attached hydrogens (primary N) is 1. The second kappa shape index (κ2) is 5.15. The van der Waals surface area contributed by atoms with Crippen molar-refractivity contribution < 1.29 is 4.42 Å². The highest BCUT2D eigenvalue weighted by Crippen LogP contribution is 2.39. The summed E-state index contributed by atoms with van der Waals surface area (Å²) in [6, 6.07) is 4.01. The lowest BCUT2D eigenvalue weighted by molar-refractivity contribution is 0.632. The third-order valence-corrected chi connectivity index (χ3v) is 5.15. The Balaban J connectivity index is 1.78. The van der Waals surface area contributed by atoms with Crippen LogP contribution in [-0.4, -0.2) is 19.5 Å². The fourth-order valence-corrected chi connectivity index (χ4v) is 3.92. The Bertz CT molecular complexity index is 1230. The van der Waals surface area contributed by atoms with Gasteiger partial charge in [0.05, 0.1) is 16.7 Å². The van der Waals surface area contributed by atoms with Crippen molar-refractivity contribution in [3.8, 4) is 22.6 Å². The molecular weight excluding hydrogens is 334 g/mol. The Kier molecular flexibility index (Phi) is 2.92. The molecular formula is C18H13N5OS. The van der Waals surface area contributed by atoms with Crippen molar-refractivity contribution in [3.63, 3.8) is 0 Å². The number of imidazole rings is 1. The summed E-state index contributed by atoms with van der Waals surface area (Å²) in [5, 5.41) is 4.10. The van der Waals surface area contributed by atoms with Crippen LogP contribution < -0.4 is 5.73 Å². The zero-order valence-corrected chi connectivity index (χ0v) is 14.1. The van der Waals surface area contributed by atoms with Crippen LogP contribution in [0.1, 0.15) is 0 Å². The van der Waals surface area contributed by atoms with Crippen LogP contribution in [0.4, 0.5) is 5.82 Å². The Morgan fingerprint density at radius 3 is 2.92 bits per heavy atom. The molecule has 0 saturated heterocycles. The summed E-state index contributed by atoms with van der Waals surface area (Å²) in [5.74, 6) is 1.14. The van der Waals surface area contributed by atoms with Crippen LogP contribution in [-0.2, 0) is 7.05 Å². The average Bonchev–Trinajstić information content (AvgIpc) is 3.32. The number of thiophene rings is 1. The van der Waals surface area contributed by atoms with Crippen LogP contribution in [0.15, 0.2) is 53.0 Å². The number of aryl methyl sites for hydroxylation is 1. The molecule has 0 aliphatic carbocycles. The first-order valence-corrected chi connectivity index (χ1v) is 8.56. The molecule has 0 aliphatic heterocycles. The minimum Gasteiger partial charge on any atom is -0.452 e. The first-order valence-electron chi connectivity index (χ1n) is 7.68. The molecule has 0 unspecified atom stereocenters. The maximum atomic E-state index is 6.08. The number of rotatable bonds is 2. The fourth-order valence-electron chi connectivity index (χ4n) is 3.01. The Hall–Kier alpha value is -3.19. The molecule has 5 rings (SSSR count). The number of aromatic nitrogens is 4. The maximum Gasteiger partial charge on any atom is 0.177 e. The highest BCUT2D eigenvalue weighted by molar-refractivity contribution is 7.17. The topological polar surface area (TPSA) is 82.8 Å². The lowest BCUT2D eigenvalue weighted by atomic mass is 10.1. The first-order chi connectivity index (χ1) is 12.2. The highest BCUT2D eigenvalue weighted by Gasteiger charge is 2.17. The van der Waals surface area contributed by atoms with E-state index in [1.807, 2.05) is 36.1 Å². The number of nitrogen functional groups attached to an aromatic ring is 1. The molecule has 0 aromatic carbocycles. The van der Waals surface area contributed by atoms with Gasteiger partial charge in [0.25, 0.3) is 0 Å². The molecule has 0 saturated carbocycles. The van der Waals surface area contributed by atoms with Crippen LogP contribution >= 0.6 is 11.3 Å². The van der Waals surface area contributed by atoms with Gasteiger partial charge in [-0.05, 0) is 12.1 Å². The van der Waals surface area contributed by atoms with Crippen LogP contribution in [0.5, 0.6) is 0 Å². The van der Waals surface area contributed by atoms with Gasteiger partial charge in [0.1, 0.15) is 5.76 Å². The molecule has 0 radical (unpaired) electrons. The summed E-state index contributed by atoms with van der Waals surface area (Å²) in [6.45, 7) is 0. The standard InChI is InChI=1S/C18H13N5OS/c1-23-7-14(22-9-23)12-5-21-18(19)17-11(12)4-15(24-17)13-8-25-16-6-20-3-2-10(13)16/h2-9H,1H3,(H2,19,21). The van der Waals surface area contributed by atoms with Gasteiger partial charge in [-0.25, -0.2) is 9.97 Å². The summed E-state index contributed by atoms with van der Waals surface area (Å²) >= 11 is 1.64. The van der Waals surface area contributed by atoms with E-state index in [2.05, 4.69) is 20.3 Å². The van der Waals surface area contributed by atoms with Gasteiger partial charge in [-0.15, -0.1) is 11.3 Å². The second-order valence-corrected chi connectivity index (χ2v) is 6.77. The van der Waals surface area contributed by atoms with Crippen LogP contribution in [0.2, 0.25) is 0 Å². The van der Waals surface area contributed by atoms with E-state index in [9.17, 15) is 0 Å². The molecule has 5 aromatic rings. The smallest absolute Gasteiger partial charge is 0.177 e. The number of hydrogen-bond acceptors (Lipinski definition) is 6. The van der Waals surface area contributed by atoms with Crippen molar-refractivity contribution in [2.24, 2.45) is 7.05 Å². The first kappa shape index (κ1) is 14.2. The third kappa shape index (κ3) is 2.13. The zero-order valence-electron chi connectivity index (χ0n) is 13.3. The molecule has 122 valence electrons. The Labute approximate surface area is 146 Å². The van der Waals surface area contributed by atoms with Crippen molar-refractivity contribution in [2.75, 3.05) is 5.73 Å². The molecule has 2 N–H and O–H groups in total. The number of fused-ring (bicyclic) bond motifs is 2. The number of pyridine rings is 2. The summed E-state index contributed by atoms with van der Waals surface area (Å²) in [5.41, 5.74) is 9.41. The minimum absolute atomic E-state index is 0.377. The van der Waals surface area contributed by atoms with Crippen LogP contribution in [0.25, 0.3) is 43.6 Å². The third-order valence-electron chi connectivity index (χ3n) is 4.21. The van der Waals surface area contributed by atoms with Gasteiger partial charge in [0.2, 0.25) is 0 Å². The van der Waals surface area contributed by atoms with Gasteiger partial charge in [0.15, 0.2) is 11.4 Å². The molecule has 5 aromatic heterocycles. The SMILES string of the molecule is Cn1cnc(-c2cnc(N)c3oc(-c4csc5cnccc45)cc23)c1. The van der Waals surface area contributed by atoms with E-state index in [0.717, 1.165) is 38.1 Å². The quantitative estimate of drug-likeness (QED) is 0.520. The number of anilines is 1. The number of furan rings is 1. The van der Waals surface area contributed by atoms with E-state index in [1.54, 1.807) is 30.1 Å². The van der Waals surface area contributed by atoms with Crippen molar-refractivity contribution >= 4 is 38.2 Å². The maximum absolute atomic E-state index is 6.08. The lowest BCUT2D eigenvalue weighted by Gasteiger charge is -1.99. The largest absolute Gasteiger partial charge is 0.452 e. The van der Waals surface area contributed by atoms with E-state index in [1.165, 1.54) is 0 Å². The summed E-state index contributed by atoms with van der Waals surface area (Å²) in [6.07, 6.45) is 9.11. The molecule has 6 nitrogen and oxygen atoms in total. The fraction of sp³-hybridized carbons (Fsp3) is 0.0556. The van der Waals surface area contributed by atoms with Crippen LogP contribution in [0.3, 0.4) is 0 Å². The summed E-state index contributed by atoms with van der Waals surface area (Å²) < 4.78 is 9.10.